The van der Waals surface area contributed by atoms with Crippen LogP contribution in [0.2, 0.25) is 0 Å². The van der Waals surface area contributed by atoms with Crippen molar-refractivity contribution in [1.82, 2.24) is 10.4 Å². The van der Waals surface area contributed by atoms with E-state index >= 15 is 0 Å². The second-order valence-corrected chi connectivity index (χ2v) is 4.58. The minimum atomic E-state index is 0.401. The minimum Gasteiger partial charge on any atom is -0.405 e. The molecule has 0 heterocycles. The maximum Gasteiger partial charge on any atom is 0.0228 e. The molecule has 18 heavy (non-hydrogen) atoms. The van der Waals surface area contributed by atoms with Gasteiger partial charge in [-0.15, -0.1) is 6.58 Å². The van der Waals surface area contributed by atoms with Crippen LogP contribution in [0.1, 0.15) is 39.5 Å². The topological polar surface area (TPSA) is 41.3 Å². The van der Waals surface area contributed by atoms with Crippen LogP contribution in [0.15, 0.2) is 36.7 Å². The first-order valence-electron chi connectivity index (χ1n) is 6.79. The van der Waals surface area contributed by atoms with Crippen LogP contribution < -0.4 is 11.2 Å². The van der Waals surface area contributed by atoms with Gasteiger partial charge in [-0.1, -0.05) is 38.0 Å². The van der Waals surface area contributed by atoms with Crippen molar-refractivity contribution in [3.63, 3.8) is 0 Å². The van der Waals surface area contributed by atoms with Crippen LogP contribution in [0.3, 0.4) is 0 Å². The number of rotatable bonds is 10. The van der Waals surface area contributed by atoms with Gasteiger partial charge in [0.05, 0.1) is 0 Å². The van der Waals surface area contributed by atoms with E-state index in [1.165, 1.54) is 18.5 Å². The Hall–Kier alpha value is -1.22. The number of nitrogens with one attached hydrogen (secondary N) is 1. The summed E-state index contributed by atoms with van der Waals surface area (Å²) in [6.45, 7) is 8.98. The summed E-state index contributed by atoms with van der Waals surface area (Å²) >= 11 is 0. The molecule has 0 amide bonds. The van der Waals surface area contributed by atoms with Gasteiger partial charge in [0.15, 0.2) is 0 Å². The van der Waals surface area contributed by atoms with Crippen molar-refractivity contribution in [3.8, 4) is 0 Å². The van der Waals surface area contributed by atoms with E-state index in [4.69, 9.17) is 5.73 Å². The molecule has 0 aliphatic heterocycles. The van der Waals surface area contributed by atoms with Crippen LogP contribution in [0, 0.1) is 5.92 Å². The summed E-state index contributed by atoms with van der Waals surface area (Å²) < 4.78 is 0. The molecule has 1 unspecified atom stereocenters. The number of allylic oxidation sites excluding steroid dienone is 3. The monoisotopic (exact) mass is 251 g/mol. The first-order valence-corrected chi connectivity index (χ1v) is 6.79. The Bertz CT molecular complexity index is 269. The molecule has 0 saturated heterocycles. The lowest BCUT2D eigenvalue weighted by Gasteiger charge is -2.23. The Labute approximate surface area is 112 Å². The zero-order valence-corrected chi connectivity index (χ0v) is 12.2. The van der Waals surface area contributed by atoms with Gasteiger partial charge in [-0.2, -0.15) is 0 Å². The molecule has 0 aromatic rings. The van der Waals surface area contributed by atoms with Crippen molar-refractivity contribution in [2.24, 2.45) is 11.7 Å². The fraction of sp³-hybridized carbons (Fsp3) is 0.600. The lowest BCUT2D eigenvalue weighted by atomic mass is 10.1. The highest BCUT2D eigenvalue weighted by molar-refractivity contribution is 4.96. The third-order valence-electron chi connectivity index (χ3n) is 2.97. The average Bonchev–Trinajstić information content (AvgIpc) is 2.36. The Morgan fingerprint density at radius 3 is 2.78 bits per heavy atom. The van der Waals surface area contributed by atoms with Gasteiger partial charge in [0, 0.05) is 19.3 Å². The van der Waals surface area contributed by atoms with Gasteiger partial charge >= 0.3 is 0 Å². The van der Waals surface area contributed by atoms with Crippen molar-refractivity contribution in [2.45, 2.75) is 39.5 Å². The molecular weight excluding hydrogens is 222 g/mol. The molecule has 0 aliphatic carbocycles. The molecule has 0 aromatic heterocycles. The van der Waals surface area contributed by atoms with E-state index in [0.717, 1.165) is 19.4 Å². The van der Waals surface area contributed by atoms with Gasteiger partial charge in [-0.05, 0) is 31.9 Å². The highest BCUT2D eigenvalue weighted by Gasteiger charge is 2.04. The van der Waals surface area contributed by atoms with Gasteiger partial charge in [-0.3, -0.25) is 0 Å². The lowest BCUT2D eigenvalue weighted by Crippen LogP contribution is -2.36. The van der Waals surface area contributed by atoms with E-state index < -0.39 is 0 Å². The molecule has 0 spiro atoms. The number of unbranched alkanes of at least 4 members (excludes halogenated alkanes) is 2. The van der Waals surface area contributed by atoms with Crippen molar-refractivity contribution < 1.29 is 0 Å². The second kappa shape index (κ2) is 10.9. The van der Waals surface area contributed by atoms with Crippen LogP contribution in [-0.4, -0.2) is 18.6 Å². The molecule has 104 valence electrons. The number of hydrazine groups is 1. The molecule has 1 atom stereocenters. The summed E-state index contributed by atoms with van der Waals surface area (Å²) in [5.41, 5.74) is 10.1. The lowest BCUT2D eigenvalue weighted by molar-refractivity contribution is 0.282. The SMILES string of the molecule is C=CCC(/C=C\N)CNN(C)/C(C)=C/CCCC. The predicted octanol–water partition coefficient (Wildman–Crippen LogP) is 3.18. The third kappa shape index (κ3) is 7.96. The summed E-state index contributed by atoms with van der Waals surface area (Å²) in [6.07, 6.45) is 12.4. The van der Waals surface area contributed by atoms with Crippen molar-refractivity contribution in [3.05, 3.63) is 36.7 Å². The van der Waals surface area contributed by atoms with E-state index in [-0.39, 0.29) is 0 Å². The molecule has 0 rings (SSSR count). The van der Waals surface area contributed by atoms with Gasteiger partial charge < -0.3 is 10.7 Å². The summed E-state index contributed by atoms with van der Waals surface area (Å²) in [5, 5.41) is 2.08. The van der Waals surface area contributed by atoms with Crippen LogP contribution in [0.25, 0.3) is 0 Å². The summed E-state index contributed by atoms with van der Waals surface area (Å²) in [4.78, 5) is 0. The molecule has 0 saturated carbocycles. The third-order valence-corrected chi connectivity index (χ3v) is 2.97. The van der Waals surface area contributed by atoms with Crippen molar-refractivity contribution in [1.29, 1.82) is 0 Å². The van der Waals surface area contributed by atoms with E-state index in [0.29, 0.717) is 5.92 Å². The summed E-state index contributed by atoms with van der Waals surface area (Å²) in [7, 11) is 2.05. The first-order chi connectivity index (χ1) is 8.65. The van der Waals surface area contributed by atoms with Crippen LogP contribution in [-0.2, 0) is 0 Å². The van der Waals surface area contributed by atoms with Gasteiger partial charge in [0.25, 0.3) is 0 Å². The Morgan fingerprint density at radius 1 is 1.50 bits per heavy atom. The summed E-state index contributed by atoms with van der Waals surface area (Å²) in [5.74, 6) is 0.401. The molecule has 3 N–H and O–H groups in total. The van der Waals surface area contributed by atoms with Crippen LogP contribution in [0.5, 0.6) is 0 Å². The van der Waals surface area contributed by atoms with Crippen LogP contribution in [0.4, 0.5) is 0 Å². The van der Waals surface area contributed by atoms with E-state index in [1.807, 2.05) is 12.2 Å². The zero-order chi connectivity index (χ0) is 13.8. The molecular formula is C15H29N3. The van der Waals surface area contributed by atoms with E-state index in [2.05, 4.69) is 44.0 Å². The number of hydrogen-bond acceptors (Lipinski definition) is 3. The fourth-order valence-corrected chi connectivity index (χ4v) is 1.63. The Morgan fingerprint density at radius 2 is 2.22 bits per heavy atom. The van der Waals surface area contributed by atoms with Crippen LogP contribution >= 0.6 is 0 Å². The quantitative estimate of drug-likeness (QED) is 0.356. The van der Waals surface area contributed by atoms with E-state index in [1.54, 1.807) is 6.20 Å². The number of nitrogens with zero attached hydrogens (tertiary/aromatic N) is 1. The van der Waals surface area contributed by atoms with Crippen molar-refractivity contribution >= 4 is 0 Å². The maximum atomic E-state index is 5.44. The highest BCUT2D eigenvalue weighted by Crippen LogP contribution is 2.06. The molecule has 3 nitrogen and oxygen atoms in total. The average molecular weight is 251 g/mol. The smallest absolute Gasteiger partial charge is 0.0228 e. The molecule has 0 radical (unpaired) electrons. The molecule has 0 fully saturated rings. The van der Waals surface area contributed by atoms with Gasteiger partial charge in [-0.25, -0.2) is 5.43 Å². The number of nitrogens with two attached hydrogens (primary N) is 1. The zero-order valence-electron chi connectivity index (χ0n) is 12.2. The maximum absolute atomic E-state index is 5.44. The molecule has 0 aromatic carbocycles. The Balaban J connectivity index is 4.08. The molecule has 0 bridgehead atoms. The van der Waals surface area contributed by atoms with Crippen molar-refractivity contribution in [2.75, 3.05) is 13.6 Å². The number of hydrogen-bond donors (Lipinski definition) is 2. The standard InChI is InChI=1S/C15H29N3/c1-5-7-8-10-14(3)18(4)17-13-15(9-6-2)11-12-16/h6,10-12,15,17H,2,5,7-9,13,16H2,1,3-4H3/b12-11-,14-10+. The van der Waals surface area contributed by atoms with Gasteiger partial charge in [0.2, 0.25) is 0 Å². The minimum absolute atomic E-state index is 0.401. The molecule has 3 heteroatoms. The first kappa shape index (κ1) is 16.8. The highest BCUT2D eigenvalue weighted by atomic mass is 15.5. The molecule has 0 aliphatic rings. The summed E-state index contributed by atoms with van der Waals surface area (Å²) in [6, 6.07) is 0. The second-order valence-electron chi connectivity index (χ2n) is 4.58. The fourth-order valence-electron chi connectivity index (χ4n) is 1.63. The van der Waals surface area contributed by atoms with E-state index in [9.17, 15) is 0 Å². The predicted molar refractivity (Wildman–Crippen MR) is 80.7 cm³/mol. The normalized spacial score (nSPS) is 13.8. The Kier molecular flexibility index (Phi) is 10.2. The largest absolute Gasteiger partial charge is 0.405 e. The van der Waals surface area contributed by atoms with Gasteiger partial charge in [0.1, 0.15) is 0 Å².